The Kier molecular flexibility index (Phi) is 4.32. The number of nitrogens with one attached hydrogen (secondary N) is 2. The fourth-order valence-electron chi connectivity index (χ4n) is 4.88. The Morgan fingerprint density at radius 1 is 1.07 bits per heavy atom. The molecule has 150 valence electrons. The minimum Gasteiger partial charge on any atom is -0.358 e. The first-order valence-electron chi connectivity index (χ1n) is 10.4. The van der Waals surface area contributed by atoms with Gasteiger partial charge in [-0.3, -0.25) is 9.59 Å². The molecule has 29 heavy (non-hydrogen) atoms. The Morgan fingerprint density at radius 2 is 1.83 bits per heavy atom. The number of H-pyrrole nitrogens is 1. The van der Waals surface area contributed by atoms with Crippen LogP contribution < -0.4 is 5.32 Å². The zero-order valence-corrected chi connectivity index (χ0v) is 17.0. The van der Waals surface area contributed by atoms with Crippen molar-refractivity contribution in [3.63, 3.8) is 0 Å². The van der Waals surface area contributed by atoms with Crippen LogP contribution in [0.4, 0.5) is 5.69 Å². The highest BCUT2D eigenvalue weighted by Gasteiger charge is 2.34. The quantitative estimate of drug-likeness (QED) is 0.736. The van der Waals surface area contributed by atoms with E-state index in [9.17, 15) is 9.59 Å². The van der Waals surface area contributed by atoms with Gasteiger partial charge in [-0.15, -0.1) is 0 Å². The van der Waals surface area contributed by atoms with Gasteiger partial charge in [-0.2, -0.15) is 0 Å². The third-order valence-corrected chi connectivity index (χ3v) is 6.42. The highest BCUT2D eigenvalue weighted by molar-refractivity contribution is 6.36. The second-order valence-corrected chi connectivity index (χ2v) is 8.28. The molecule has 1 aromatic heterocycles. The Hall–Kier alpha value is -2.86. The van der Waals surface area contributed by atoms with Crippen molar-refractivity contribution in [1.29, 1.82) is 0 Å². The first-order valence-corrected chi connectivity index (χ1v) is 10.4. The van der Waals surface area contributed by atoms with Crippen molar-refractivity contribution in [1.82, 2.24) is 14.8 Å². The van der Waals surface area contributed by atoms with Gasteiger partial charge in [0.15, 0.2) is 0 Å². The largest absolute Gasteiger partial charge is 0.358 e. The molecule has 2 aromatic rings. The summed E-state index contributed by atoms with van der Waals surface area (Å²) >= 11 is 0. The summed E-state index contributed by atoms with van der Waals surface area (Å²) < 4.78 is 0. The Balaban J connectivity index is 1.59. The molecule has 0 unspecified atom stereocenters. The van der Waals surface area contributed by atoms with E-state index in [0.29, 0.717) is 0 Å². The molecule has 1 aromatic carbocycles. The van der Waals surface area contributed by atoms with Gasteiger partial charge in [-0.05, 0) is 50.4 Å². The maximum absolute atomic E-state index is 13.3. The number of carbonyl (C=O) groups is 2. The minimum absolute atomic E-state index is 0.0479. The molecule has 0 atom stereocenters. The molecule has 3 heterocycles. The molecule has 1 aliphatic carbocycles. The van der Waals surface area contributed by atoms with Crippen molar-refractivity contribution >= 4 is 28.6 Å². The second-order valence-electron chi connectivity index (χ2n) is 8.28. The van der Waals surface area contributed by atoms with Crippen molar-refractivity contribution in [2.45, 2.75) is 26.2 Å². The van der Waals surface area contributed by atoms with Crippen molar-refractivity contribution in [3.05, 3.63) is 52.3 Å². The van der Waals surface area contributed by atoms with Gasteiger partial charge in [-0.25, -0.2) is 0 Å². The molecule has 1 saturated heterocycles. The number of piperazine rings is 1. The lowest BCUT2D eigenvalue weighted by Crippen LogP contribution is -2.47. The van der Waals surface area contributed by atoms with E-state index in [2.05, 4.69) is 22.2 Å². The highest BCUT2D eigenvalue weighted by atomic mass is 16.2. The summed E-state index contributed by atoms with van der Waals surface area (Å²) in [6.07, 6.45) is 2.66. The summed E-state index contributed by atoms with van der Waals surface area (Å²) in [6, 6.07) is 7.83. The molecule has 2 aliphatic heterocycles. The zero-order chi connectivity index (χ0) is 20.1. The van der Waals surface area contributed by atoms with E-state index in [0.717, 1.165) is 90.4 Å². The number of fused-ring (bicyclic) bond motifs is 2. The van der Waals surface area contributed by atoms with Crippen molar-refractivity contribution in [3.8, 4) is 0 Å². The van der Waals surface area contributed by atoms with E-state index < -0.39 is 0 Å². The number of aryl methyl sites for hydroxylation is 1. The molecule has 2 N–H and O–H groups in total. The molecule has 6 heteroatoms. The molecule has 0 radical (unpaired) electrons. The number of nitrogens with zero attached hydrogens (tertiary/aromatic N) is 2. The van der Waals surface area contributed by atoms with Crippen LogP contribution in [0.5, 0.6) is 0 Å². The average molecular weight is 390 g/mol. The van der Waals surface area contributed by atoms with E-state index in [4.69, 9.17) is 0 Å². The van der Waals surface area contributed by atoms with Crippen LogP contribution in [0.15, 0.2) is 24.3 Å². The summed E-state index contributed by atoms with van der Waals surface area (Å²) in [6.45, 7) is 5.32. The lowest BCUT2D eigenvalue weighted by molar-refractivity contribution is -0.110. The summed E-state index contributed by atoms with van der Waals surface area (Å²) in [4.78, 5) is 33.8. The number of amides is 2. The van der Waals surface area contributed by atoms with Gasteiger partial charge >= 0.3 is 0 Å². The number of aromatic nitrogens is 1. The number of benzene rings is 1. The van der Waals surface area contributed by atoms with Crippen LogP contribution >= 0.6 is 0 Å². The topological polar surface area (TPSA) is 68.4 Å². The summed E-state index contributed by atoms with van der Waals surface area (Å²) in [5.41, 5.74) is 7.39. The molecular weight excluding hydrogens is 364 g/mol. The number of carbonyl (C=O) groups excluding carboxylic acids is 2. The standard InChI is InChI=1S/C23H26N4O2/c1-14-19(23(29)27-12-10-26(2)11-13-27)16-7-5-8-17(21(16)24-14)20-15-6-3-4-9-18(15)25-22(20)28/h3-4,6,9,24H,5,7-8,10-13H2,1-2H3,(H,25,28). The van der Waals surface area contributed by atoms with Crippen LogP contribution in [0.1, 0.15) is 45.7 Å². The third kappa shape index (κ3) is 2.90. The van der Waals surface area contributed by atoms with Gasteiger partial charge in [0, 0.05) is 48.8 Å². The summed E-state index contributed by atoms with van der Waals surface area (Å²) in [5, 5.41) is 2.99. The van der Waals surface area contributed by atoms with E-state index in [1.165, 1.54) is 0 Å². The minimum atomic E-state index is -0.0479. The summed E-state index contributed by atoms with van der Waals surface area (Å²) in [5.74, 6) is 0.0730. The van der Waals surface area contributed by atoms with E-state index in [1.807, 2.05) is 36.1 Å². The van der Waals surface area contributed by atoms with E-state index >= 15 is 0 Å². The molecule has 6 nitrogen and oxygen atoms in total. The van der Waals surface area contributed by atoms with Crippen molar-refractivity contribution in [2.24, 2.45) is 0 Å². The third-order valence-electron chi connectivity index (χ3n) is 6.42. The van der Waals surface area contributed by atoms with Gasteiger partial charge in [0.2, 0.25) is 0 Å². The molecule has 5 rings (SSSR count). The normalized spacial score (nSPS) is 21.7. The fourth-order valence-corrected chi connectivity index (χ4v) is 4.88. The number of rotatable bonds is 1. The first-order chi connectivity index (χ1) is 14.0. The van der Waals surface area contributed by atoms with Gasteiger partial charge in [0.25, 0.3) is 11.8 Å². The number of hydrogen-bond acceptors (Lipinski definition) is 3. The maximum atomic E-state index is 13.3. The Bertz CT molecular complexity index is 1040. The number of likely N-dealkylation sites (N-methyl/N-ethyl adjacent to an activating group) is 1. The SMILES string of the molecule is Cc1[nH]c2c(c1C(=O)N1CCN(C)CC1)CCCC2=C1C(=O)Nc2ccccc21. The monoisotopic (exact) mass is 390 g/mol. The van der Waals surface area contributed by atoms with Crippen LogP contribution in [-0.4, -0.2) is 59.8 Å². The average Bonchev–Trinajstić information content (AvgIpc) is 3.23. The first kappa shape index (κ1) is 18.2. The number of aromatic amines is 1. The van der Waals surface area contributed by atoms with Crippen LogP contribution in [-0.2, 0) is 11.2 Å². The second kappa shape index (κ2) is 6.88. The number of allylic oxidation sites excluding steroid dienone is 1. The Labute approximate surface area is 170 Å². The summed E-state index contributed by atoms with van der Waals surface area (Å²) in [7, 11) is 2.09. The van der Waals surface area contributed by atoms with Crippen LogP contribution in [0, 0.1) is 6.92 Å². The Morgan fingerprint density at radius 3 is 2.62 bits per heavy atom. The molecule has 0 bridgehead atoms. The van der Waals surface area contributed by atoms with E-state index in [1.54, 1.807) is 0 Å². The number of anilines is 1. The number of para-hydroxylation sites is 1. The van der Waals surface area contributed by atoms with Crippen molar-refractivity contribution < 1.29 is 9.59 Å². The van der Waals surface area contributed by atoms with Gasteiger partial charge < -0.3 is 20.1 Å². The smallest absolute Gasteiger partial charge is 0.256 e. The maximum Gasteiger partial charge on any atom is 0.256 e. The predicted molar refractivity (Wildman–Crippen MR) is 114 cm³/mol. The fraction of sp³-hybridized carbons (Fsp3) is 0.391. The molecule has 1 fully saturated rings. The van der Waals surface area contributed by atoms with Crippen LogP contribution in [0.2, 0.25) is 0 Å². The van der Waals surface area contributed by atoms with Crippen molar-refractivity contribution in [2.75, 3.05) is 38.5 Å². The molecular formula is C23H26N4O2. The van der Waals surface area contributed by atoms with Gasteiger partial charge in [0.1, 0.15) is 0 Å². The molecule has 0 saturated carbocycles. The van der Waals surface area contributed by atoms with Crippen LogP contribution in [0.3, 0.4) is 0 Å². The van der Waals surface area contributed by atoms with Gasteiger partial charge in [-0.1, -0.05) is 18.2 Å². The molecule has 0 spiro atoms. The predicted octanol–water partition coefficient (Wildman–Crippen LogP) is 2.91. The molecule has 2 amide bonds. The number of hydrogen-bond donors (Lipinski definition) is 2. The van der Waals surface area contributed by atoms with E-state index in [-0.39, 0.29) is 11.8 Å². The zero-order valence-electron chi connectivity index (χ0n) is 17.0. The highest BCUT2D eigenvalue weighted by Crippen LogP contribution is 2.43. The van der Waals surface area contributed by atoms with Crippen LogP contribution in [0.25, 0.3) is 11.1 Å². The van der Waals surface area contributed by atoms with Gasteiger partial charge in [0.05, 0.1) is 11.1 Å². The lowest BCUT2D eigenvalue weighted by Gasteiger charge is -2.32. The lowest BCUT2D eigenvalue weighted by atomic mass is 9.86. The molecule has 3 aliphatic rings.